The molecule has 0 heterocycles. The van der Waals surface area contributed by atoms with Crippen molar-refractivity contribution in [3.63, 3.8) is 0 Å². The second-order valence-electron chi connectivity index (χ2n) is 3.80. The first-order valence-electron chi connectivity index (χ1n) is 5.35. The first-order chi connectivity index (χ1) is 7.86. The van der Waals surface area contributed by atoms with Gasteiger partial charge in [-0.15, -0.1) is 0 Å². The first kappa shape index (κ1) is 16.1. The van der Waals surface area contributed by atoms with Crippen LogP contribution in [0.5, 0.6) is 0 Å². The van der Waals surface area contributed by atoms with E-state index in [1.807, 2.05) is 0 Å². The summed E-state index contributed by atoms with van der Waals surface area (Å²) in [7, 11) is 0. The maximum Gasteiger partial charge on any atom is 0.230 e. The second kappa shape index (κ2) is 7.46. The molecular formula is C10H19NO6. The van der Waals surface area contributed by atoms with Crippen molar-refractivity contribution in [2.24, 2.45) is 5.73 Å². The predicted molar refractivity (Wildman–Crippen MR) is 58.0 cm³/mol. The van der Waals surface area contributed by atoms with Crippen molar-refractivity contribution in [2.75, 3.05) is 6.61 Å². The number of aliphatic hydroxyl groups excluding tert-OH is 4. The average Bonchev–Trinajstić information content (AvgIpc) is 2.34. The van der Waals surface area contributed by atoms with E-state index < -0.39 is 42.5 Å². The number of hydrogen-bond acceptors (Lipinski definition) is 7. The molecule has 0 spiro atoms. The van der Waals surface area contributed by atoms with Crippen LogP contribution in [-0.2, 0) is 9.59 Å². The number of aliphatic hydroxyl groups is 4. The molecule has 7 nitrogen and oxygen atoms in total. The molecule has 0 aliphatic heterocycles. The fraction of sp³-hybridized carbons (Fsp3) is 0.800. The Labute approximate surface area is 98.9 Å². The average molecular weight is 249 g/mol. The van der Waals surface area contributed by atoms with E-state index in [1.54, 1.807) is 6.92 Å². The molecule has 2 unspecified atom stereocenters. The maximum absolute atomic E-state index is 11.4. The minimum atomic E-state index is -1.84. The van der Waals surface area contributed by atoms with Gasteiger partial charge < -0.3 is 26.2 Å². The van der Waals surface area contributed by atoms with Crippen LogP contribution >= 0.6 is 0 Å². The van der Waals surface area contributed by atoms with E-state index >= 15 is 0 Å². The third-order valence-corrected chi connectivity index (χ3v) is 2.37. The highest BCUT2D eigenvalue weighted by atomic mass is 16.3. The monoisotopic (exact) mass is 249 g/mol. The van der Waals surface area contributed by atoms with E-state index in [1.165, 1.54) is 0 Å². The number of carbonyl (C=O) groups excluding carboxylic acids is 2. The molecule has 17 heavy (non-hydrogen) atoms. The third-order valence-electron chi connectivity index (χ3n) is 2.37. The highest BCUT2D eigenvalue weighted by Gasteiger charge is 2.34. The molecule has 0 amide bonds. The number of rotatable bonds is 8. The summed E-state index contributed by atoms with van der Waals surface area (Å²) in [5, 5.41) is 36.3. The fourth-order valence-electron chi connectivity index (χ4n) is 1.27. The minimum Gasteiger partial charge on any atom is -0.393 e. The standard InChI is InChI=1S/C10H19NO6/c1-2-3-5(13)8(15)7(11)10(17)9(16)6(14)4-12/h5-8,12-15H,2-4,11H2,1H3/t5?,6-,7+,8?/m1/s1. The zero-order valence-corrected chi connectivity index (χ0v) is 9.61. The Hall–Kier alpha value is -0.860. The number of Topliss-reactive ketones (excluding diaryl/α,β-unsaturated/α-hetero) is 2. The lowest BCUT2D eigenvalue weighted by Gasteiger charge is -2.22. The lowest BCUT2D eigenvalue weighted by Crippen LogP contribution is -2.52. The third kappa shape index (κ3) is 4.49. The number of ketones is 2. The molecule has 0 aliphatic rings. The number of carbonyl (C=O) groups is 2. The Bertz CT molecular complexity index is 270. The molecule has 7 heteroatoms. The molecule has 0 bridgehead atoms. The SMILES string of the molecule is CCCC(O)C(O)[C@H](N)C(=O)C(=O)[C@H](O)CO. The molecule has 0 radical (unpaired) electrons. The predicted octanol–water partition coefficient (Wildman–Crippen LogP) is -2.67. The van der Waals surface area contributed by atoms with Gasteiger partial charge >= 0.3 is 0 Å². The Kier molecular flexibility index (Phi) is 7.09. The van der Waals surface area contributed by atoms with E-state index in [0.29, 0.717) is 6.42 Å². The van der Waals surface area contributed by atoms with Gasteiger partial charge in [0.05, 0.1) is 12.7 Å². The zero-order valence-electron chi connectivity index (χ0n) is 9.61. The molecule has 4 atom stereocenters. The highest BCUT2D eigenvalue weighted by molar-refractivity contribution is 6.40. The van der Waals surface area contributed by atoms with Gasteiger partial charge in [0.2, 0.25) is 11.6 Å². The summed E-state index contributed by atoms with van der Waals surface area (Å²) in [4.78, 5) is 22.5. The van der Waals surface area contributed by atoms with Crippen molar-refractivity contribution in [2.45, 2.75) is 44.1 Å². The van der Waals surface area contributed by atoms with Crippen molar-refractivity contribution in [3.05, 3.63) is 0 Å². The molecule has 0 aliphatic carbocycles. The molecule has 0 aromatic carbocycles. The normalized spacial score (nSPS) is 18.2. The molecule has 0 fully saturated rings. The molecular weight excluding hydrogens is 230 g/mol. The van der Waals surface area contributed by atoms with Gasteiger partial charge in [0.15, 0.2) is 0 Å². The Morgan fingerprint density at radius 2 is 1.71 bits per heavy atom. The maximum atomic E-state index is 11.4. The zero-order chi connectivity index (χ0) is 13.6. The van der Waals surface area contributed by atoms with Crippen LogP contribution < -0.4 is 5.73 Å². The van der Waals surface area contributed by atoms with Crippen LogP contribution in [0.3, 0.4) is 0 Å². The van der Waals surface area contributed by atoms with Crippen molar-refractivity contribution < 1.29 is 30.0 Å². The largest absolute Gasteiger partial charge is 0.393 e. The number of nitrogens with two attached hydrogens (primary N) is 1. The first-order valence-corrected chi connectivity index (χ1v) is 5.35. The van der Waals surface area contributed by atoms with E-state index in [9.17, 15) is 19.8 Å². The van der Waals surface area contributed by atoms with Crippen molar-refractivity contribution in [3.8, 4) is 0 Å². The highest BCUT2D eigenvalue weighted by Crippen LogP contribution is 2.07. The van der Waals surface area contributed by atoms with Gasteiger partial charge in [-0.25, -0.2) is 0 Å². The fourth-order valence-corrected chi connectivity index (χ4v) is 1.27. The van der Waals surface area contributed by atoms with Crippen LogP contribution in [0.2, 0.25) is 0 Å². The van der Waals surface area contributed by atoms with Crippen LogP contribution in [0.1, 0.15) is 19.8 Å². The summed E-state index contributed by atoms with van der Waals surface area (Å²) >= 11 is 0. The lowest BCUT2D eigenvalue weighted by atomic mass is 9.96. The molecule has 0 aromatic heterocycles. The van der Waals surface area contributed by atoms with Crippen molar-refractivity contribution >= 4 is 11.6 Å². The Morgan fingerprint density at radius 3 is 2.12 bits per heavy atom. The Balaban J connectivity index is 4.53. The minimum absolute atomic E-state index is 0.235. The van der Waals surface area contributed by atoms with Crippen LogP contribution in [0.15, 0.2) is 0 Å². The molecule has 0 aromatic rings. The quantitative estimate of drug-likeness (QED) is 0.295. The second-order valence-corrected chi connectivity index (χ2v) is 3.80. The summed E-state index contributed by atoms with van der Waals surface area (Å²) in [6.45, 7) is 0.870. The molecule has 6 N–H and O–H groups in total. The van der Waals surface area contributed by atoms with Gasteiger partial charge in [0, 0.05) is 0 Å². The molecule has 0 rings (SSSR count). The van der Waals surface area contributed by atoms with Crippen LogP contribution in [-0.4, -0.2) is 63.0 Å². The van der Waals surface area contributed by atoms with E-state index in [-0.39, 0.29) is 6.42 Å². The smallest absolute Gasteiger partial charge is 0.230 e. The summed E-state index contributed by atoms with van der Waals surface area (Å²) in [5.41, 5.74) is 5.31. The van der Waals surface area contributed by atoms with E-state index in [0.717, 1.165) is 0 Å². The molecule has 100 valence electrons. The van der Waals surface area contributed by atoms with Gasteiger partial charge in [-0.05, 0) is 6.42 Å². The summed E-state index contributed by atoms with van der Waals surface area (Å²) < 4.78 is 0. The molecule has 0 saturated carbocycles. The lowest BCUT2D eigenvalue weighted by molar-refractivity contribution is -0.145. The van der Waals surface area contributed by atoms with Gasteiger partial charge in [0.25, 0.3) is 0 Å². The summed E-state index contributed by atoms with van der Waals surface area (Å²) in [5.74, 6) is -2.49. The van der Waals surface area contributed by atoms with Crippen LogP contribution in [0.25, 0.3) is 0 Å². The van der Waals surface area contributed by atoms with Crippen LogP contribution in [0.4, 0.5) is 0 Å². The van der Waals surface area contributed by atoms with E-state index in [4.69, 9.17) is 15.9 Å². The van der Waals surface area contributed by atoms with Gasteiger partial charge in [-0.3, -0.25) is 9.59 Å². The van der Waals surface area contributed by atoms with Crippen molar-refractivity contribution in [1.82, 2.24) is 0 Å². The van der Waals surface area contributed by atoms with Crippen molar-refractivity contribution in [1.29, 1.82) is 0 Å². The summed E-state index contributed by atoms with van der Waals surface area (Å²) in [6.07, 6.45) is -3.81. The van der Waals surface area contributed by atoms with Crippen LogP contribution in [0, 0.1) is 0 Å². The number of hydrogen-bond donors (Lipinski definition) is 5. The Morgan fingerprint density at radius 1 is 1.18 bits per heavy atom. The van der Waals surface area contributed by atoms with Gasteiger partial charge in [-0.1, -0.05) is 13.3 Å². The van der Waals surface area contributed by atoms with Gasteiger partial charge in [-0.2, -0.15) is 0 Å². The van der Waals surface area contributed by atoms with E-state index in [2.05, 4.69) is 0 Å². The molecule has 0 saturated heterocycles. The topological polar surface area (TPSA) is 141 Å². The summed E-state index contributed by atoms with van der Waals surface area (Å²) in [6, 6.07) is -1.61. The van der Waals surface area contributed by atoms with Gasteiger partial charge in [0.1, 0.15) is 18.2 Å².